The minimum Gasteiger partial charge on any atom is -0.497 e. The Hall–Kier alpha value is -6.57. The number of carbonyl (C=O) groups is 3. The van der Waals surface area contributed by atoms with Gasteiger partial charge in [-0.15, -0.1) is 23.1 Å². The molecule has 0 fully saturated rings. The number of benzene rings is 5. The number of anilines is 2. The van der Waals surface area contributed by atoms with Crippen LogP contribution in [0.1, 0.15) is 26.7 Å². The van der Waals surface area contributed by atoms with E-state index in [1.807, 2.05) is 66.0 Å². The van der Waals surface area contributed by atoms with Crippen molar-refractivity contribution >= 4 is 57.7 Å². The van der Waals surface area contributed by atoms with Crippen molar-refractivity contribution in [2.45, 2.75) is 10.1 Å². The molecular weight excluding hydrogens is 749 g/mol. The van der Waals surface area contributed by atoms with Gasteiger partial charge < -0.3 is 34.9 Å². The number of ether oxygens (including phenoxy) is 4. The van der Waals surface area contributed by atoms with Crippen molar-refractivity contribution in [2.24, 2.45) is 0 Å². The summed E-state index contributed by atoms with van der Waals surface area (Å²) in [5, 5.41) is 10.3. The van der Waals surface area contributed by atoms with Gasteiger partial charge in [0, 0.05) is 38.7 Å². The van der Waals surface area contributed by atoms with Gasteiger partial charge in [-0.05, 0) is 78.4 Å². The van der Waals surface area contributed by atoms with E-state index in [2.05, 4.69) is 20.9 Å². The van der Waals surface area contributed by atoms with Crippen LogP contribution in [0.25, 0.3) is 17.3 Å². The van der Waals surface area contributed by atoms with Gasteiger partial charge in [-0.1, -0.05) is 48.5 Å². The smallest absolute Gasteiger partial charge is 0.272 e. The molecule has 5 aromatic carbocycles. The molecule has 1 aromatic heterocycles. The molecule has 56 heavy (non-hydrogen) atoms. The zero-order valence-electron chi connectivity index (χ0n) is 30.9. The summed E-state index contributed by atoms with van der Waals surface area (Å²) in [4.78, 5) is 46.2. The number of thiazole rings is 1. The molecule has 0 saturated heterocycles. The van der Waals surface area contributed by atoms with E-state index in [0.717, 1.165) is 16.0 Å². The highest BCUT2D eigenvalue weighted by Crippen LogP contribution is 2.38. The maximum atomic E-state index is 13.8. The van der Waals surface area contributed by atoms with E-state index in [-0.39, 0.29) is 11.6 Å². The van der Waals surface area contributed by atoms with E-state index in [0.29, 0.717) is 50.6 Å². The summed E-state index contributed by atoms with van der Waals surface area (Å²) < 4.78 is 21.6. The molecule has 0 saturated carbocycles. The van der Waals surface area contributed by atoms with Crippen LogP contribution in [0.3, 0.4) is 0 Å². The van der Waals surface area contributed by atoms with Crippen molar-refractivity contribution in [2.75, 3.05) is 39.1 Å². The van der Waals surface area contributed by atoms with Crippen LogP contribution in [-0.2, 0) is 9.59 Å². The number of amides is 3. The van der Waals surface area contributed by atoms with Crippen LogP contribution in [-0.4, -0.2) is 51.1 Å². The van der Waals surface area contributed by atoms with Gasteiger partial charge in [0.15, 0.2) is 16.6 Å². The molecule has 11 nitrogen and oxygen atoms in total. The lowest BCUT2D eigenvalue weighted by molar-refractivity contribution is -0.116. The molecule has 0 bridgehead atoms. The largest absolute Gasteiger partial charge is 0.497 e. The Morgan fingerprint density at radius 2 is 1.41 bits per heavy atom. The molecule has 3 N–H and O–H groups in total. The Morgan fingerprint density at radius 3 is 2.09 bits per heavy atom. The average molecular weight is 787 g/mol. The Balaban J connectivity index is 1.19. The van der Waals surface area contributed by atoms with Crippen molar-refractivity contribution in [3.05, 3.63) is 149 Å². The molecule has 284 valence electrons. The van der Waals surface area contributed by atoms with Gasteiger partial charge in [-0.3, -0.25) is 14.4 Å². The first-order valence-corrected chi connectivity index (χ1v) is 19.0. The molecular formula is C43H38N4O7S2. The Bertz CT molecular complexity index is 2330. The number of methoxy groups -OCH3 is 4. The highest BCUT2D eigenvalue weighted by molar-refractivity contribution is 8.00. The van der Waals surface area contributed by atoms with Gasteiger partial charge in [0.1, 0.15) is 22.4 Å². The van der Waals surface area contributed by atoms with Crippen LogP contribution in [0.4, 0.5) is 10.8 Å². The van der Waals surface area contributed by atoms with Crippen molar-refractivity contribution in [1.82, 2.24) is 10.3 Å². The van der Waals surface area contributed by atoms with Gasteiger partial charge >= 0.3 is 0 Å². The zero-order chi connectivity index (χ0) is 39.4. The van der Waals surface area contributed by atoms with E-state index in [1.54, 1.807) is 88.1 Å². The number of thioether (sulfide) groups is 1. The average Bonchev–Trinajstić information content (AvgIpc) is 3.71. The first kappa shape index (κ1) is 39.1. The molecule has 6 rings (SSSR count). The lowest BCUT2D eigenvalue weighted by Crippen LogP contribution is -2.30. The van der Waals surface area contributed by atoms with Crippen LogP contribution in [0, 0.1) is 0 Å². The van der Waals surface area contributed by atoms with E-state index >= 15 is 0 Å². The number of rotatable bonds is 15. The minimum absolute atomic E-state index is 0.00180. The highest BCUT2D eigenvalue weighted by Gasteiger charge is 2.24. The predicted molar refractivity (Wildman–Crippen MR) is 221 cm³/mol. The molecule has 1 unspecified atom stereocenters. The number of carbonyl (C=O) groups excluding carboxylic acids is 3. The first-order valence-electron chi connectivity index (χ1n) is 17.2. The van der Waals surface area contributed by atoms with Crippen molar-refractivity contribution < 1.29 is 33.3 Å². The van der Waals surface area contributed by atoms with Crippen LogP contribution in [0.5, 0.6) is 23.0 Å². The SMILES string of the molecule is COc1ccc(/C=C(\NC(=O)c2ccccc2)C(=O)Nc2ccc(SC(C(=O)Nc3nc(-c4ccc(OC)c(OC)c4)cs3)c3ccccc3)cc2)c(OC)c1. The van der Waals surface area contributed by atoms with Crippen LogP contribution >= 0.6 is 23.1 Å². The Labute approximate surface area is 332 Å². The molecule has 3 amide bonds. The summed E-state index contributed by atoms with van der Waals surface area (Å²) in [6.45, 7) is 0. The number of hydrogen-bond acceptors (Lipinski definition) is 10. The second-order valence-corrected chi connectivity index (χ2v) is 14.0. The van der Waals surface area contributed by atoms with Crippen molar-refractivity contribution in [1.29, 1.82) is 0 Å². The minimum atomic E-state index is -0.618. The lowest BCUT2D eigenvalue weighted by Gasteiger charge is -2.17. The molecule has 0 aliphatic rings. The van der Waals surface area contributed by atoms with Gasteiger partial charge in [0.05, 0.1) is 34.1 Å². The summed E-state index contributed by atoms with van der Waals surface area (Å²) in [5.41, 5.74) is 3.74. The summed E-state index contributed by atoms with van der Waals surface area (Å²) in [6.07, 6.45) is 1.54. The second-order valence-electron chi connectivity index (χ2n) is 12.0. The quantitative estimate of drug-likeness (QED) is 0.0690. The third kappa shape index (κ3) is 9.75. The number of nitrogens with one attached hydrogen (secondary N) is 3. The Kier molecular flexibility index (Phi) is 13.0. The van der Waals surface area contributed by atoms with Gasteiger partial charge in [0.2, 0.25) is 5.91 Å². The topological polar surface area (TPSA) is 137 Å². The van der Waals surface area contributed by atoms with Gasteiger partial charge in [-0.25, -0.2) is 4.98 Å². The van der Waals surface area contributed by atoms with E-state index in [1.165, 1.54) is 30.2 Å². The summed E-state index contributed by atoms with van der Waals surface area (Å²) in [6, 6.07) is 35.9. The highest BCUT2D eigenvalue weighted by atomic mass is 32.2. The number of nitrogens with zero attached hydrogens (tertiary/aromatic N) is 1. The fraction of sp³-hybridized carbons (Fsp3) is 0.116. The zero-order valence-corrected chi connectivity index (χ0v) is 32.5. The maximum Gasteiger partial charge on any atom is 0.272 e. The fourth-order valence-corrected chi connectivity index (χ4v) is 7.27. The van der Waals surface area contributed by atoms with E-state index in [9.17, 15) is 14.4 Å². The van der Waals surface area contributed by atoms with E-state index in [4.69, 9.17) is 18.9 Å². The van der Waals surface area contributed by atoms with E-state index < -0.39 is 17.1 Å². The second kappa shape index (κ2) is 18.7. The molecule has 1 atom stereocenters. The molecule has 1 heterocycles. The van der Waals surface area contributed by atoms with Crippen LogP contribution in [0.2, 0.25) is 0 Å². The normalized spacial score (nSPS) is 11.5. The molecule has 0 aliphatic carbocycles. The standard InChI is InChI=1S/C43H38N4O7S2/c1-51-32-19-15-30(37(25-32)53-3)23-34(45-40(48)28-13-9-6-10-14-28)41(49)44-31-17-20-33(21-18-31)56-39(27-11-7-5-8-12-27)42(50)47-43-46-35(26-55-43)29-16-22-36(52-2)38(24-29)54-4/h5-26,39H,1-4H3,(H,44,49)(H,45,48)(H,46,47,50)/b34-23-. The predicted octanol–water partition coefficient (Wildman–Crippen LogP) is 8.73. The first-order chi connectivity index (χ1) is 27.3. The summed E-state index contributed by atoms with van der Waals surface area (Å²) >= 11 is 2.68. The number of aromatic nitrogens is 1. The molecule has 0 radical (unpaired) electrons. The third-order valence-corrected chi connectivity index (χ3v) is 10.4. The lowest BCUT2D eigenvalue weighted by atomic mass is 10.1. The molecule has 0 aliphatic heterocycles. The fourth-order valence-electron chi connectivity index (χ4n) is 5.52. The molecule has 0 spiro atoms. The van der Waals surface area contributed by atoms with Crippen molar-refractivity contribution in [3.8, 4) is 34.3 Å². The monoisotopic (exact) mass is 786 g/mol. The third-order valence-electron chi connectivity index (χ3n) is 8.39. The van der Waals surface area contributed by atoms with Crippen LogP contribution < -0.4 is 34.9 Å². The number of hydrogen-bond donors (Lipinski definition) is 3. The Morgan fingerprint density at radius 1 is 0.714 bits per heavy atom. The maximum absolute atomic E-state index is 13.8. The van der Waals surface area contributed by atoms with Crippen molar-refractivity contribution in [3.63, 3.8) is 0 Å². The molecule has 13 heteroatoms. The van der Waals surface area contributed by atoms with Crippen LogP contribution in [0.15, 0.2) is 137 Å². The molecule has 6 aromatic rings. The summed E-state index contributed by atoms with van der Waals surface area (Å²) in [5.74, 6) is 0.969. The van der Waals surface area contributed by atoms with Gasteiger partial charge in [-0.2, -0.15) is 0 Å². The van der Waals surface area contributed by atoms with Gasteiger partial charge in [0.25, 0.3) is 11.8 Å². The summed E-state index contributed by atoms with van der Waals surface area (Å²) in [7, 11) is 6.21.